The van der Waals surface area contributed by atoms with Crippen LogP contribution in [0.15, 0.2) is 24.3 Å². The largest absolute Gasteiger partial charge is 0.483 e. The summed E-state index contributed by atoms with van der Waals surface area (Å²) in [6.07, 6.45) is -0.346. The first-order chi connectivity index (χ1) is 10.4. The van der Waals surface area contributed by atoms with Crippen LogP contribution in [0.3, 0.4) is 0 Å². The van der Waals surface area contributed by atoms with Gasteiger partial charge in [0.15, 0.2) is 0 Å². The maximum Gasteiger partial charge on any atom is 0.229 e. The number of fused-ring (bicyclic) bond motifs is 1. The fourth-order valence-corrected chi connectivity index (χ4v) is 2.53. The van der Waals surface area contributed by atoms with Gasteiger partial charge in [0, 0.05) is 5.56 Å². The minimum atomic E-state index is -1.21. The number of ether oxygens (including phenoxy) is 3. The van der Waals surface area contributed by atoms with Crippen molar-refractivity contribution < 1.29 is 29.5 Å². The van der Waals surface area contributed by atoms with E-state index in [9.17, 15) is 10.2 Å². The third kappa shape index (κ3) is 2.83. The second kappa shape index (κ2) is 5.55. The van der Waals surface area contributed by atoms with Gasteiger partial charge in [-0.25, -0.2) is 0 Å². The predicted molar refractivity (Wildman–Crippen MR) is 78.6 cm³/mol. The second-order valence-electron chi connectivity index (χ2n) is 6.06. The van der Waals surface area contributed by atoms with E-state index >= 15 is 0 Å². The Hall–Kier alpha value is -1.60. The minimum absolute atomic E-state index is 0.349. The van der Waals surface area contributed by atoms with Gasteiger partial charge in [-0.3, -0.25) is 0 Å². The normalized spacial score (nSPS) is 32.4. The number of benzene rings is 1. The van der Waals surface area contributed by atoms with Crippen LogP contribution in [0.1, 0.15) is 19.4 Å². The van der Waals surface area contributed by atoms with E-state index in [4.69, 9.17) is 19.3 Å². The molecule has 3 rings (SSSR count). The molecule has 120 valence electrons. The summed E-state index contributed by atoms with van der Waals surface area (Å²) in [6, 6.07) is 5.27. The Morgan fingerprint density at radius 3 is 2.68 bits per heavy atom. The first-order valence-corrected chi connectivity index (χ1v) is 7.21. The van der Waals surface area contributed by atoms with Gasteiger partial charge in [0.2, 0.25) is 6.29 Å². The molecule has 2 aliphatic rings. The standard InChI is InChI=1S/C16H20O6/c1-16(2)6-5-9-7-10(3-4-11(9)22-16)20-15-14(19)13(18)12(8-17)21-15/h3-7,12-15,17-19H,8H2,1-2H3. The van der Waals surface area contributed by atoms with Gasteiger partial charge in [-0.05, 0) is 38.1 Å². The Bertz CT molecular complexity index is 582. The Balaban J connectivity index is 1.75. The van der Waals surface area contributed by atoms with Crippen LogP contribution in [0.4, 0.5) is 0 Å². The molecule has 1 fully saturated rings. The van der Waals surface area contributed by atoms with Crippen molar-refractivity contribution in [3.05, 3.63) is 29.8 Å². The van der Waals surface area contributed by atoms with Gasteiger partial charge in [-0.1, -0.05) is 6.08 Å². The predicted octanol–water partition coefficient (Wildman–Crippen LogP) is 0.689. The Kier molecular flexibility index (Phi) is 3.86. The van der Waals surface area contributed by atoms with Crippen LogP contribution in [0, 0.1) is 0 Å². The molecular weight excluding hydrogens is 288 g/mol. The fourth-order valence-electron chi connectivity index (χ4n) is 2.53. The summed E-state index contributed by atoms with van der Waals surface area (Å²) < 4.78 is 16.7. The summed E-state index contributed by atoms with van der Waals surface area (Å²) in [5.74, 6) is 1.24. The van der Waals surface area contributed by atoms with E-state index in [0.29, 0.717) is 5.75 Å². The zero-order valence-electron chi connectivity index (χ0n) is 12.5. The van der Waals surface area contributed by atoms with Crippen molar-refractivity contribution in [1.82, 2.24) is 0 Å². The maximum absolute atomic E-state index is 9.88. The lowest BCUT2D eigenvalue weighted by molar-refractivity contribution is -0.116. The van der Waals surface area contributed by atoms with Crippen molar-refractivity contribution in [2.45, 2.75) is 44.1 Å². The van der Waals surface area contributed by atoms with Gasteiger partial charge in [0.05, 0.1) is 6.61 Å². The van der Waals surface area contributed by atoms with Crippen molar-refractivity contribution in [2.24, 2.45) is 0 Å². The molecule has 0 bridgehead atoms. The molecular formula is C16H20O6. The fraction of sp³-hybridized carbons (Fsp3) is 0.500. The van der Waals surface area contributed by atoms with Crippen LogP contribution >= 0.6 is 0 Å². The van der Waals surface area contributed by atoms with Gasteiger partial charge in [0.25, 0.3) is 0 Å². The van der Waals surface area contributed by atoms with E-state index in [2.05, 4.69) is 0 Å². The number of hydrogen-bond acceptors (Lipinski definition) is 6. The van der Waals surface area contributed by atoms with Gasteiger partial charge >= 0.3 is 0 Å². The van der Waals surface area contributed by atoms with Gasteiger partial charge < -0.3 is 29.5 Å². The summed E-state index contributed by atoms with van der Waals surface area (Å²) in [6.45, 7) is 3.56. The molecule has 1 saturated heterocycles. The molecule has 1 aromatic rings. The van der Waals surface area contributed by atoms with Crippen molar-refractivity contribution >= 4 is 6.08 Å². The van der Waals surface area contributed by atoms with E-state index in [-0.39, 0.29) is 12.2 Å². The molecule has 0 spiro atoms. The summed E-state index contributed by atoms with van der Waals surface area (Å²) >= 11 is 0. The smallest absolute Gasteiger partial charge is 0.229 e. The van der Waals surface area contributed by atoms with E-state index < -0.39 is 24.6 Å². The van der Waals surface area contributed by atoms with E-state index in [1.165, 1.54) is 0 Å². The van der Waals surface area contributed by atoms with Crippen molar-refractivity contribution in [2.75, 3.05) is 6.61 Å². The topological polar surface area (TPSA) is 88.4 Å². The van der Waals surface area contributed by atoms with Crippen molar-refractivity contribution in [3.63, 3.8) is 0 Å². The Morgan fingerprint density at radius 2 is 2.00 bits per heavy atom. The molecule has 0 aliphatic carbocycles. The molecule has 0 saturated carbocycles. The zero-order valence-corrected chi connectivity index (χ0v) is 12.5. The number of aliphatic hydroxyl groups excluding tert-OH is 3. The molecule has 1 aromatic carbocycles. The summed E-state index contributed by atoms with van der Waals surface area (Å²) in [5, 5.41) is 28.7. The number of hydrogen-bond donors (Lipinski definition) is 3. The molecule has 3 N–H and O–H groups in total. The van der Waals surface area contributed by atoms with Crippen LogP contribution < -0.4 is 9.47 Å². The highest BCUT2D eigenvalue weighted by atomic mass is 16.7. The second-order valence-corrected chi connectivity index (χ2v) is 6.06. The highest BCUT2D eigenvalue weighted by Crippen LogP contribution is 2.34. The molecule has 6 heteroatoms. The summed E-state index contributed by atoms with van der Waals surface area (Å²) in [5.41, 5.74) is 0.516. The minimum Gasteiger partial charge on any atom is -0.483 e. The average molecular weight is 308 g/mol. The molecule has 0 aromatic heterocycles. The quantitative estimate of drug-likeness (QED) is 0.761. The molecule has 0 radical (unpaired) electrons. The molecule has 2 heterocycles. The molecule has 6 nitrogen and oxygen atoms in total. The zero-order chi connectivity index (χ0) is 15.9. The number of aliphatic hydroxyl groups is 3. The first-order valence-electron chi connectivity index (χ1n) is 7.21. The monoisotopic (exact) mass is 308 g/mol. The molecule has 0 amide bonds. The molecule has 4 unspecified atom stereocenters. The summed E-state index contributed by atoms with van der Waals surface area (Å²) in [4.78, 5) is 0. The Labute approximate surface area is 128 Å². The average Bonchev–Trinajstić information content (AvgIpc) is 2.74. The molecule has 2 aliphatic heterocycles. The Morgan fingerprint density at radius 1 is 1.23 bits per heavy atom. The van der Waals surface area contributed by atoms with Crippen LogP contribution in [-0.4, -0.2) is 52.1 Å². The van der Waals surface area contributed by atoms with Crippen molar-refractivity contribution in [3.8, 4) is 11.5 Å². The van der Waals surface area contributed by atoms with Crippen molar-refractivity contribution in [1.29, 1.82) is 0 Å². The highest BCUT2D eigenvalue weighted by Gasteiger charge is 2.43. The summed E-state index contributed by atoms with van der Waals surface area (Å²) in [7, 11) is 0. The lowest BCUT2D eigenvalue weighted by Gasteiger charge is -2.28. The lowest BCUT2D eigenvalue weighted by atomic mass is 10.0. The van der Waals surface area contributed by atoms with E-state index in [0.717, 1.165) is 11.3 Å². The third-order valence-corrected chi connectivity index (χ3v) is 3.77. The van der Waals surface area contributed by atoms with Crippen LogP contribution in [0.5, 0.6) is 11.5 Å². The van der Waals surface area contributed by atoms with E-state index in [1.54, 1.807) is 18.2 Å². The van der Waals surface area contributed by atoms with Crippen LogP contribution in [0.25, 0.3) is 6.08 Å². The number of rotatable bonds is 3. The first kappa shape index (κ1) is 15.3. The van der Waals surface area contributed by atoms with Gasteiger partial charge in [0.1, 0.15) is 35.4 Å². The van der Waals surface area contributed by atoms with Crippen LogP contribution in [0.2, 0.25) is 0 Å². The molecule has 4 atom stereocenters. The van der Waals surface area contributed by atoms with Gasteiger partial charge in [-0.15, -0.1) is 0 Å². The lowest BCUT2D eigenvalue weighted by Crippen LogP contribution is -2.35. The van der Waals surface area contributed by atoms with E-state index in [1.807, 2.05) is 26.0 Å². The third-order valence-electron chi connectivity index (χ3n) is 3.77. The molecule has 22 heavy (non-hydrogen) atoms. The highest BCUT2D eigenvalue weighted by molar-refractivity contribution is 5.62. The maximum atomic E-state index is 9.88. The SMILES string of the molecule is CC1(C)C=Cc2cc(OC3OC(CO)C(O)C3O)ccc2O1. The van der Waals surface area contributed by atoms with Crippen LogP contribution in [-0.2, 0) is 4.74 Å². The van der Waals surface area contributed by atoms with Gasteiger partial charge in [-0.2, -0.15) is 0 Å².